The zero-order valence-corrected chi connectivity index (χ0v) is 12.3. The van der Waals surface area contributed by atoms with Gasteiger partial charge in [0.2, 0.25) is 10.0 Å². The molecule has 1 aromatic heterocycles. The molecule has 0 spiro atoms. The van der Waals surface area contributed by atoms with Gasteiger partial charge in [-0.2, -0.15) is 0 Å². The summed E-state index contributed by atoms with van der Waals surface area (Å²) in [4.78, 5) is 1.03. The Morgan fingerprint density at radius 1 is 1.18 bits per heavy atom. The molecule has 98 valence electrons. The van der Waals surface area contributed by atoms with Crippen molar-refractivity contribution in [3.63, 3.8) is 0 Å². The lowest BCUT2D eigenvalue weighted by atomic mass is 10.4. The van der Waals surface area contributed by atoms with E-state index in [1.54, 1.807) is 6.07 Å². The topological polar surface area (TPSA) is 58.2 Å². The third kappa shape index (κ3) is 4.75. The van der Waals surface area contributed by atoms with E-state index in [-0.39, 0.29) is 6.04 Å². The van der Waals surface area contributed by atoms with E-state index in [4.69, 9.17) is 0 Å². The predicted molar refractivity (Wildman–Crippen MR) is 71.8 cm³/mol. The van der Waals surface area contributed by atoms with Gasteiger partial charge in [0.1, 0.15) is 4.21 Å². The van der Waals surface area contributed by atoms with Crippen LogP contribution in [-0.4, -0.2) is 20.5 Å². The zero-order valence-electron chi connectivity index (χ0n) is 10.6. The van der Waals surface area contributed by atoms with Gasteiger partial charge >= 0.3 is 0 Å². The van der Waals surface area contributed by atoms with Crippen LogP contribution in [0.5, 0.6) is 0 Å². The van der Waals surface area contributed by atoms with Crippen LogP contribution in [0.4, 0.5) is 0 Å². The second kappa shape index (κ2) is 5.95. The Bertz CT molecular complexity index is 450. The molecular weight excluding hydrogens is 256 g/mol. The Morgan fingerprint density at radius 3 is 2.35 bits per heavy atom. The third-order valence-electron chi connectivity index (χ3n) is 1.98. The minimum atomic E-state index is -3.34. The van der Waals surface area contributed by atoms with E-state index in [1.165, 1.54) is 11.3 Å². The van der Waals surface area contributed by atoms with Crippen molar-refractivity contribution in [2.75, 3.05) is 0 Å². The largest absolute Gasteiger partial charge is 0.310 e. The van der Waals surface area contributed by atoms with Gasteiger partial charge in [-0.05, 0) is 26.0 Å². The lowest BCUT2D eigenvalue weighted by Gasteiger charge is -2.07. The van der Waals surface area contributed by atoms with Crippen LogP contribution in [-0.2, 0) is 16.6 Å². The van der Waals surface area contributed by atoms with E-state index in [1.807, 2.05) is 19.9 Å². The van der Waals surface area contributed by atoms with Crippen LogP contribution in [0.25, 0.3) is 0 Å². The highest BCUT2D eigenvalue weighted by Crippen LogP contribution is 2.21. The van der Waals surface area contributed by atoms with Gasteiger partial charge in [0.15, 0.2) is 0 Å². The fourth-order valence-electron chi connectivity index (χ4n) is 1.27. The van der Waals surface area contributed by atoms with Crippen molar-refractivity contribution in [1.29, 1.82) is 0 Å². The number of thiophene rings is 1. The molecule has 0 aliphatic rings. The molecule has 0 unspecified atom stereocenters. The molecule has 17 heavy (non-hydrogen) atoms. The summed E-state index contributed by atoms with van der Waals surface area (Å²) in [6.07, 6.45) is 0. The van der Waals surface area contributed by atoms with Crippen molar-refractivity contribution in [3.8, 4) is 0 Å². The van der Waals surface area contributed by atoms with Crippen molar-refractivity contribution < 1.29 is 8.42 Å². The van der Waals surface area contributed by atoms with E-state index < -0.39 is 10.0 Å². The first kappa shape index (κ1) is 14.6. The number of rotatable bonds is 6. The van der Waals surface area contributed by atoms with Gasteiger partial charge in [0, 0.05) is 23.5 Å². The standard InChI is InChI=1S/C11H20N2O2S2/c1-8(2)12-7-10-5-6-11(16-10)17(14,15)13-9(3)4/h5-6,8-9,12-13H,7H2,1-4H3. The third-order valence-corrected chi connectivity index (χ3v) is 5.21. The van der Waals surface area contributed by atoms with Crippen molar-refractivity contribution in [3.05, 3.63) is 17.0 Å². The molecule has 0 aliphatic heterocycles. The van der Waals surface area contributed by atoms with Crippen LogP contribution in [0.1, 0.15) is 32.6 Å². The molecule has 0 fully saturated rings. The Morgan fingerprint density at radius 2 is 1.82 bits per heavy atom. The number of sulfonamides is 1. The molecule has 4 nitrogen and oxygen atoms in total. The molecule has 0 radical (unpaired) electrons. The van der Waals surface area contributed by atoms with Crippen LogP contribution >= 0.6 is 11.3 Å². The molecule has 0 saturated heterocycles. The van der Waals surface area contributed by atoms with Crippen LogP contribution in [0.2, 0.25) is 0 Å². The number of hydrogen-bond acceptors (Lipinski definition) is 4. The minimum Gasteiger partial charge on any atom is -0.310 e. The summed E-state index contributed by atoms with van der Waals surface area (Å²) in [7, 11) is -3.34. The SMILES string of the molecule is CC(C)NCc1ccc(S(=O)(=O)NC(C)C)s1. The van der Waals surface area contributed by atoms with Gasteiger partial charge in [0.05, 0.1) is 0 Å². The van der Waals surface area contributed by atoms with Crippen molar-refractivity contribution in [2.45, 2.75) is 50.5 Å². The van der Waals surface area contributed by atoms with Gasteiger partial charge in [-0.25, -0.2) is 13.1 Å². The number of nitrogens with one attached hydrogen (secondary N) is 2. The second-order valence-electron chi connectivity index (χ2n) is 4.53. The fraction of sp³-hybridized carbons (Fsp3) is 0.636. The summed E-state index contributed by atoms with van der Waals surface area (Å²) in [6, 6.07) is 3.83. The van der Waals surface area contributed by atoms with Gasteiger partial charge in [-0.15, -0.1) is 11.3 Å². The summed E-state index contributed by atoms with van der Waals surface area (Å²) in [5, 5.41) is 3.26. The minimum absolute atomic E-state index is 0.0839. The fourth-order valence-corrected chi connectivity index (χ4v) is 3.85. The average molecular weight is 276 g/mol. The lowest BCUT2D eigenvalue weighted by molar-refractivity contribution is 0.572. The van der Waals surface area contributed by atoms with Gasteiger partial charge < -0.3 is 5.32 Å². The van der Waals surface area contributed by atoms with E-state index in [0.29, 0.717) is 16.8 Å². The van der Waals surface area contributed by atoms with Crippen LogP contribution in [0, 0.1) is 0 Å². The Balaban J connectivity index is 2.74. The summed E-state index contributed by atoms with van der Waals surface area (Å²) >= 11 is 1.31. The molecule has 0 saturated carbocycles. The first-order valence-electron chi connectivity index (χ1n) is 5.65. The molecule has 0 aromatic carbocycles. The molecular formula is C11H20N2O2S2. The molecule has 0 amide bonds. The predicted octanol–water partition coefficient (Wildman–Crippen LogP) is 1.93. The van der Waals surface area contributed by atoms with Crippen LogP contribution in [0.15, 0.2) is 16.3 Å². The van der Waals surface area contributed by atoms with Crippen molar-refractivity contribution in [1.82, 2.24) is 10.0 Å². The highest BCUT2D eigenvalue weighted by Gasteiger charge is 2.17. The van der Waals surface area contributed by atoms with Crippen molar-refractivity contribution >= 4 is 21.4 Å². The maximum Gasteiger partial charge on any atom is 0.250 e. The smallest absolute Gasteiger partial charge is 0.250 e. The summed E-state index contributed by atoms with van der Waals surface area (Å²) < 4.78 is 26.7. The Labute approximate surface area is 107 Å². The molecule has 1 aromatic rings. The van der Waals surface area contributed by atoms with E-state index in [9.17, 15) is 8.42 Å². The first-order valence-corrected chi connectivity index (χ1v) is 7.95. The van der Waals surface area contributed by atoms with E-state index in [0.717, 1.165) is 4.88 Å². The summed E-state index contributed by atoms with van der Waals surface area (Å²) in [6.45, 7) is 8.45. The lowest BCUT2D eigenvalue weighted by Crippen LogP contribution is -2.29. The van der Waals surface area contributed by atoms with E-state index in [2.05, 4.69) is 23.9 Å². The summed E-state index contributed by atoms with van der Waals surface area (Å²) in [5.74, 6) is 0. The van der Waals surface area contributed by atoms with Gasteiger partial charge in [0.25, 0.3) is 0 Å². The van der Waals surface area contributed by atoms with Crippen molar-refractivity contribution in [2.24, 2.45) is 0 Å². The zero-order chi connectivity index (χ0) is 13.1. The van der Waals surface area contributed by atoms with Crippen LogP contribution < -0.4 is 10.0 Å². The Kier molecular flexibility index (Phi) is 5.12. The maximum absolute atomic E-state index is 11.9. The highest BCUT2D eigenvalue weighted by molar-refractivity contribution is 7.91. The Hall–Kier alpha value is -0.430. The quantitative estimate of drug-likeness (QED) is 0.835. The van der Waals surface area contributed by atoms with Gasteiger partial charge in [-0.1, -0.05) is 13.8 Å². The van der Waals surface area contributed by atoms with E-state index >= 15 is 0 Å². The average Bonchev–Trinajstić information content (AvgIpc) is 2.61. The number of hydrogen-bond donors (Lipinski definition) is 2. The molecule has 2 N–H and O–H groups in total. The molecule has 6 heteroatoms. The monoisotopic (exact) mass is 276 g/mol. The molecule has 0 bridgehead atoms. The second-order valence-corrected chi connectivity index (χ2v) is 7.64. The van der Waals surface area contributed by atoms with Crippen LogP contribution in [0.3, 0.4) is 0 Å². The molecule has 0 atom stereocenters. The molecule has 1 rings (SSSR count). The molecule has 1 heterocycles. The normalized spacial score (nSPS) is 12.6. The highest BCUT2D eigenvalue weighted by atomic mass is 32.2. The molecule has 0 aliphatic carbocycles. The first-order chi connectivity index (χ1) is 7.81. The summed E-state index contributed by atoms with van der Waals surface area (Å²) in [5.41, 5.74) is 0. The van der Waals surface area contributed by atoms with Gasteiger partial charge in [-0.3, -0.25) is 0 Å². The maximum atomic E-state index is 11.9.